The smallest absolute Gasteiger partial charge is 0.266 e. The van der Waals surface area contributed by atoms with Gasteiger partial charge in [0, 0.05) is 38.3 Å². The standard InChI is InChI=1S/C21H23ClN4O2/c1-14-16(15(2)24-21(28)17(14)13-23)7-8-20(27)26-11-9-25(10-12-26)19-6-4-3-5-18(19)22/h3-6H,7-12H2,1-2H3,(H,24,28). The number of nitrogens with one attached hydrogen (secondary N) is 1. The van der Waals surface area contributed by atoms with Crippen LogP contribution in [0.2, 0.25) is 5.02 Å². The van der Waals surface area contributed by atoms with Crippen molar-refractivity contribution in [2.24, 2.45) is 0 Å². The maximum atomic E-state index is 12.7. The predicted molar refractivity (Wildman–Crippen MR) is 110 cm³/mol. The van der Waals surface area contributed by atoms with Crippen molar-refractivity contribution in [3.8, 4) is 6.07 Å². The predicted octanol–water partition coefficient (Wildman–Crippen LogP) is 2.80. The third-order valence-electron chi connectivity index (χ3n) is 5.33. The first kappa shape index (κ1) is 20.0. The van der Waals surface area contributed by atoms with Crippen LogP contribution in [0.5, 0.6) is 0 Å². The van der Waals surface area contributed by atoms with Crippen molar-refractivity contribution in [1.82, 2.24) is 9.88 Å². The molecule has 0 atom stereocenters. The van der Waals surface area contributed by atoms with Crippen molar-refractivity contribution in [2.45, 2.75) is 26.7 Å². The lowest BCUT2D eigenvalue weighted by Crippen LogP contribution is -2.49. The van der Waals surface area contributed by atoms with Crippen molar-refractivity contribution >= 4 is 23.2 Å². The van der Waals surface area contributed by atoms with Crippen molar-refractivity contribution in [2.75, 3.05) is 31.1 Å². The van der Waals surface area contributed by atoms with Crippen LogP contribution in [-0.4, -0.2) is 42.0 Å². The number of pyridine rings is 1. The number of nitrogens with zero attached hydrogens (tertiary/aromatic N) is 3. The van der Waals surface area contributed by atoms with Gasteiger partial charge in [0.15, 0.2) is 0 Å². The monoisotopic (exact) mass is 398 g/mol. The Balaban J connectivity index is 1.61. The number of carbonyl (C=O) groups excluding carboxylic acids is 1. The number of carbonyl (C=O) groups is 1. The van der Waals surface area contributed by atoms with E-state index >= 15 is 0 Å². The first-order valence-corrected chi connectivity index (χ1v) is 9.70. The van der Waals surface area contributed by atoms with Crippen molar-refractivity contribution in [3.05, 3.63) is 62.0 Å². The Labute approximate surface area is 169 Å². The van der Waals surface area contributed by atoms with Crippen molar-refractivity contribution < 1.29 is 4.79 Å². The number of piperazine rings is 1. The molecule has 6 nitrogen and oxygen atoms in total. The van der Waals surface area contributed by atoms with Crippen molar-refractivity contribution in [1.29, 1.82) is 5.26 Å². The maximum absolute atomic E-state index is 12.7. The summed E-state index contributed by atoms with van der Waals surface area (Å²) in [6, 6.07) is 9.69. The zero-order valence-corrected chi connectivity index (χ0v) is 16.8. The molecule has 0 bridgehead atoms. The second kappa shape index (κ2) is 8.49. The summed E-state index contributed by atoms with van der Waals surface area (Å²) in [5, 5.41) is 9.90. The first-order chi connectivity index (χ1) is 13.4. The number of aromatic nitrogens is 1. The van der Waals surface area contributed by atoms with Crippen LogP contribution in [-0.2, 0) is 11.2 Å². The Morgan fingerprint density at radius 3 is 2.54 bits per heavy atom. The molecule has 1 N–H and O–H groups in total. The van der Waals surface area contributed by atoms with Gasteiger partial charge < -0.3 is 14.8 Å². The molecule has 3 rings (SSSR count). The highest BCUT2D eigenvalue weighted by atomic mass is 35.5. The summed E-state index contributed by atoms with van der Waals surface area (Å²) < 4.78 is 0. The van der Waals surface area contributed by atoms with Crippen LogP contribution < -0.4 is 10.5 Å². The van der Waals surface area contributed by atoms with Gasteiger partial charge in [-0.3, -0.25) is 9.59 Å². The molecular weight excluding hydrogens is 376 g/mol. The maximum Gasteiger partial charge on any atom is 0.266 e. The summed E-state index contributed by atoms with van der Waals surface area (Å²) in [4.78, 5) is 31.3. The minimum Gasteiger partial charge on any atom is -0.367 e. The molecule has 1 fully saturated rings. The SMILES string of the molecule is Cc1[nH]c(=O)c(C#N)c(C)c1CCC(=O)N1CCN(c2ccccc2Cl)CC1. The number of para-hydroxylation sites is 1. The first-order valence-electron chi connectivity index (χ1n) is 9.32. The topological polar surface area (TPSA) is 80.2 Å². The molecule has 28 heavy (non-hydrogen) atoms. The molecule has 1 aromatic heterocycles. The largest absolute Gasteiger partial charge is 0.367 e. The zero-order chi connectivity index (χ0) is 20.3. The van der Waals surface area contributed by atoms with Crippen LogP contribution >= 0.6 is 11.6 Å². The van der Waals surface area contributed by atoms with Crippen molar-refractivity contribution in [3.63, 3.8) is 0 Å². The van der Waals surface area contributed by atoms with Gasteiger partial charge in [-0.2, -0.15) is 5.26 Å². The summed E-state index contributed by atoms with van der Waals surface area (Å²) in [5.41, 5.74) is 3.02. The minimum atomic E-state index is -0.372. The molecule has 1 saturated heterocycles. The highest BCUT2D eigenvalue weighted by Gasteiger charge is 2.23. The Kier molecular flexibility index (Phi) is 6.05. The normalized spacial score (nSPS) is 14.1. The van der Waals surface area contributed by atoms with E-state index in [0.29, 0.717) is 31.5 Å². The van der Waals surface area contributed by atoms with Crippen LogP contribution in [0.3, 0.4) is 0 Å². The van der Waals surface area contributed by atoms with E-state index in [4.69, 9.17) is 11.6 Å². The van der Waals surface area contributed by atoms with E-state index in [0.717, 1.165) is 35.1 Å². The van der Waals surface area contributed by atoms with E-state index < -0.39 is 0 Å². The molecule has 1 aliphatic rings. The molecular formula is C21H23ClN4O2. The summed E-state index contributed by atoms with van der Waals surface area (Å²) in [5.74, 6) is 0.0855. The van der Waals surface area contributed by atoms with Crippen LogP contribution in [0.15, 0.2) is 29.1 Å². The zero-order valence-electron chi connectivity index (χ0n) is 16.1. The molecule has 7 heteroatoms. The number of benzene rings is 1. The Hall–Kier alpha value is -2.78. The molecule has 1 amide bonds. The summed E-state index contributed by atoms with van der Waals surface area (Å²) in [7, 11) is 0. The van der Waals surface area contributed by atoms with Gasteiger partial charge in [-0.1, -0.05) is 23.7 Å². The van der Waals surface area contributed by atoms with Gasteiger partial charge in [0.25, 0.3) is 5.56 Å². The number of aryl methyl sites for hydroxylation is 1. The molecule has 146 valence electrons. The van der Waals surface area contributed by atoms with Gasteiger partial charge in [0.1, 0.15) is 11.6 Å². The lowest BCUT2D eigenvalue weighted by Gasteiger charge is -2.36. The van der Waals surface area contributed by atoms with Gasteiger partial charge in [0.2, 0.25) is 5.91 Å². The van der Waals surface area contributed by atoms with E-state index in [9.17, 15) is 14.9 Å². The van der Waals surface area contributed by atoms with E-state index in [1.165, 1.54) is 0 Å². The molecule has 2 heterocycles. The minimum absolute atomic E-state index is 0.0855. The molecule has 0 aliphatic carbocycles. The molecule has 0 spiro atoms. The number of halogens is 1. The lowest BCUT2D eigenvalue weighted by atomic mass is 9.99. The van der Waals surface area contributed by atoms with Crippen LogP contribution in [0.25, 0.3) is 0 Å². The van der Waals surface area contributed by atoms with Gasteiger partial charge in [-0.25, -0.2) is 0 Å². The van der Waals surface area contributed by atoms with Crippen LogP contribution in [0.4, 0.5) is 5.69 Å². The van der Waals surface area contributed by atoms with Crippen LogP contribution in [0.1, 0.15) is 28.8 Å². The summed E-state index contributed by atoms with van der Waals surface area (Å²) >= 11 is 6.27. The number of anilines is 1. The molecule has 0 radical (unpaired) electrons. The number of rotatable bonds is 4. The van der Waals surface area contributed by atoms with E-state index in [-0.39, 0.29) is 17.0 Å². The lowest BCUT2D eigenvalue weighted by molar-refractivity contribution is -0.131. The highest BCUT2D eigenvalue weighted by molar-refractivity contribution is 6.33. The molecule has 2 aromatic rings. The highest BCUT2D eigenvalue weighted by Crippen LogP contribution is 2.26. The summed E-state index contributed by atoms with van der Waals surface area (Å²) in [6.07, 6.45) is 0.859. The van der Waals surface area contributed by atoms with E-state index in [1.54, 1.807) is 13.8 Å². The molecule has 1 aliphatic heterocycles. The fraction of sp³-hybridized carbons (Fsp3) is 0.381. The Morgan fingerprint density at radius 1 is 1.21 bits per heavy atom. The van der Waals surface area contributed by atoms with Crippen LogP contribution in [0, 0.1) is 25.2 Å². The number of hydrogen-bond acceptors (Lipinski definition) is 4. The van der Waals surface area contributed by atoms with Gasteiger partial charge in [0.05, 0.1) is 10.7 Å². The Morgan fingerprint density at radius 2 is 1.89 bits per heavy atom. The average Bonchev–Trinajstić information content (AvgIpc) is 2.68. The summed E-state index contributed by atoms with van der Waals surface area (Å²) in [6.45, 7) is 6.35. The number of aromatic amines is 1. The van der Waals surface area contributed by atoms with Gasteiger partial charge in [-0.05, 0) is 43.5 Å². The van der Waals surface area contributed by atoms with E-state index in [1.807, 2.05) is 35.2 Å². The Bertz CT molecular complexity index is 985. The number of hydrogen-bond donors (Lipinski definition) is 1. The fourth-order valence-corrected chi connectivity index (χ4v) is 3.97. The number of amides is 1. The van der Waals surface area contributed by atoms with Gasteiger partial charge in [-0.15, -0.1) is 0 Å². The molecule has 0 unspecified atom stereocenters. The quantitative estimate of drug-likeness (QED) is 0.858. The average molecular weight is 399 g/mol. The number of H-pyrrole nitrogens is 1. The third-order valence-corrected chi connectivity index (χ3v) is 5.65. The molecule has 1 aromatic carbocycles. The molecule has 0 saturated carbocycles. The second-order valence-corrected chi connectivity index (χ2v) is 7.40. The second-order valence-electron chi connectivity index (χ2n) is 6.99. The van der Waals surface area contributed by atoms with E-state index in [2.05, 4.69) is 9.88 Å². The fourth-order valence-electron chi connectivity index (χ4n) is 3.72. The third kappa shape index (κ3) is 4.05. The number of nitriles is 1. The van der Waals surface area contributed by atoms with Gasteiger partial charge >= 0.3 is 0 Å².